The number of hydrogen-bond acceptors (Lipinski definition) is 4. The molecule has 1 heterocycles. The zero-order chi connectivity index (χ0) is 18.7. The summed E-state index contributed by atoms with van der Waals surface area (Å²) in [4.78, 5) is 26.4. The second kappa shape index (κ2) is 8.30. The Balaban J connectivity index is 1.48. The first-order valence-corrected chi connectivity index (χ1v) is 9.65. The van der Waals surface area contributed by atoms with Crippen molar-refractivity contribution in [2.45, 2.75) is 45.1 Å². The van der Waals surface area contributed by atoms with E-state index in [4.69, 9.17) is 21.1 Å². The third kappa shape index (κ3) is 4.50. The Bertz CT molecular complexity index is 670. The van der Waals surface area contributed by atoms with Crippen molar-refractivity contribution in [3.05, 3.63) is 28.8 Å². The van der Waals surface area contributed by atoms with Crippen LogP contribution in [-0.4, -0.2) is 43.1 Å². The van der Waals surface area contributed by atoms with Gasteiger partial charge in [0, 0.05) is 18.1 Å². The zero-order valence-corrected chi connectivity index (χ0v) is 16.1. The molecule has 1 aromatic carbocycles. The van der Waals surface area contributed by atoms with Crippen LogP contribution >= 0.6 is 11.6 Å². The summed E-state index contributed by atoms with van der Waals surface area (Å²) in [6.45, 7) is 2.30. The Morgan fingerprint density at radius 1 is 1.27 bits per heavy atom. The summed E-state index contributed by atoms with van der Waals surface area (Å²) >= 11 is 6.00. The SMILES string of the molecule is CC1CCC(N(C)C(=O)COC(=O)[C@@H]2COc3ccc(Cl)cc3C2)CC1. The van der Waals surface area contributed by atoms with Gasteiger partial charge in [0.1, 0.15) is 12.4 Å². The number of esters is 1. The first-order valence-electron chi connectivity index (χ1n) is 9.27. The normalized spacial score (nSPS) is 25.0. The Morgan fingerprint density at radius 2 is 2.00 bits per heavy atom. The number of carbonyl (C=O) groups is 2. The van der Waals surface area contributed by atoms with Gasteiger partial charge in [0.15, 0.2) is 6.61 Å². The molecule has 5 nitrogen and oxygen atoms in total. The number of ether oxygens (including phenoxy) is 2. The fraction of sp³-hybridized carbons (Fsp3) is 0.600. The van der Waals surface area contributed by atoms with Gasteiger partial charge in [-0.3, -0.25) is 9.59 Å². The maximum atomic E-state index is 12.4. The molecule has 0 bridgehead atoms. The molecule has 3 rings (SSSR count). The van der Waals surface area contributed by atoms with Crippen molar-refractivity contribution >= 4 is 23.5 Å². The molecule has 1 aromatic rings. The lowest BCUT2D eigenvalue weighted by Crippen LogP contribution is -2.42. The molecule has 2 aliphatic rings. The van der Waals surface area contributed by atoms with E-state index in [0.717, 1.165) is 42.9 Å². The summed E-state index contributed by atoms with van der Waals surface area (Å²) in [5.41, 5.74) is 0.894. The smallest absolute Gasteiger partial charge is 0.313 e. The van der Waals surface area contributed by atoms with E-state index < -0.39 is 11.9 Å². The minimum absolute atomic E-state index is 0.141. The maximum absolute atomic E-state index is 12.4. The van der Waals surface area contributed by atoms with Gasteiger partial charge in [-0.2, -0.15) is 0 Å². The number of hydrogen-bond donors (Lipinski definition) is 0. The lowest BCUT2D eigenvalue weighted by atomic mass is 9.87. The third-order valence-electron chi connectivity index (χ3n) is 5.53. The molecule has 1 aliphatic heterocycles. The highest BCUT2D eigenvalue weighted by molar-refractivity contribution is 6.30. The molecule has 1 aliphatic carbocycles. The minimum atomic E-state index is -0.408. The van der Waals surface area contributed by atoms with Crippen LogP contribution < -0.4 is 4.74 Å². The van der Waals surface area contributed by atoms with E-state index in [-0.39, 0.29) is 25.2 Å². The van der Waals surface area contributed by atoms with Gasteiger partial charge in [-0.25, -0.2) is 0 Å². The third-order valence-corrected chi connectivity index (χ3v) is 5.76. The fourth-order valence-electron chi connectivity index (χ4n) is 3.70. The van der Waals surface area contributed by atoms with Gasteiger partial charge in [0.05, 0.1) is 5.92 Å². The van der Waals surface area contributed by atoms with E-state index in [1.165, 1.54) is 0 Å². The standard InChI is InChI=1S/C20H26ClNO4/c1-13-3-6-17(7-4-13)22(2)19(23)12-26-20(24)15-9-14-10-16(21)5-8-18(14)25-11-15/h5,8,10,13,15,17H,3-4,6-7,9,11-12H2,1-2H3/t13?,15-,17?/m0/s1. The first kappa shape index (κ1) is 19.0. The zero-order valence-electron chi connectivity index (χ0n) is 15.4. The molecule has 0 saturated heterocycles. The van der Waals surface area contributed by atoms with Crippen molar-refractivity contribution in [3.8, 4) is 5.75 Å². The summed E-state index contributed by atoms with van der Waals surface area (Å²) in [6, 6.07) is 5.63. The lowest BCUT2D eigenvalue weighted by molar-refractivity contribution is -0.157. The van der Waals surface area contributed by atoms with Crippen molar-refractivity contribution in [1.29, 1.82) is 0 Å². The predicted molar refractivity (Wildman–Crippen MR) is 99.3 cm³/mol. The molecule has 0 aromatic heterocycles. The van der Waals surface area contributed by atoms with E-state index in [9.17, 15) is 9.59 Å². The Kier molecular flexibility index (Phi) is 6.07. The number of carbonyl (C=O) groups excluding carboxylic acids is 2. The van der Waals surface area contributed by atoms with Gasteiger partial charge in [0.2, 0.25) is 0 Å². The fourth-order valence-corrected chi connectivity index (χ4v) is 3.90. The molecule has 1 fully saturated rings. The Hall–Kier alpha value is -1.75. The summed E-state index contributed by atoms with van der Waals surface area (Å²) in [5, 5.41) is 0.611. The molecule has 26 heavy (non-hydrogen) atoms. The van der Waals surface area contributed by atoms with E-state index in [0.29, 0.717) is 11.4 Å². The van der Waals surface area contributed by atoms with Crippen LogP contribution in [0, 0.1) is 11.8 Å². The van der Waals surface area contributed by atoms with E-state index in [1.807, 2.05) is 6.07 Å². The number of fused-ring (bicyclic) bond motifs is 1. The van der Waals surface area contributed by atoms with Crippen molar-refractivity contribution < 1.29 is 19.1 Å². The summed E-state index contributed by atoms with van der Waals surface area (Å²) < 4.78 is 10.9. The van der Waals surface area contributed by atoms with Crippen molar-refractivity contribution in [1.82, 2.24) is 4.90 Å². The monoisotopic (exact) mass is 379 g/mol. The number of benzene rings is 1. The second-order valence-corrected chi connectivity index (χ2v) is 7.93. The molecule has 1 saturated carbocycles. The van der Waals surface area contributed by atoms with Crippen molar-refractivity contribution in [3.63, 3.8) is 0 Å². The highest BCUT2D eigenvalue weighted by Gasteiger charge is 2.29. The topological polar surface area (TPSA) is 55.8 Å². The molecule has 6 heteroatoms. The molecule has 1 amide bonds. The molecule has 0 spiro atoms. The van der Waals surface area contributed by atoms with Crippen LogP contribution in [0.15, 0.2) is 18.2 Å². The number of nitrogens with zero attached hydrogens (tertiary/aromatic N) is 1. The van der Waals surface area contributed by atoms with Crippen LogP contribution in [0.2, 0.25) is 5.02 Å². The highest BCUT2D eigenvalue weighted by atomic mass is 35.5. The van der Waals surface area contributed by atoms with Gasteiger partial charge in [-0.1, -0.05) is 18.5 Å². The van der Waals surface area contributed by atoms with Crippen LogP contribution in [0.3, 0.4) is 0 Å². The van der Waals surface area contributed by atoms with Crippen LogP contribution in [0.1, 0.15) is 38.2 Å². The first-order chi connectivity index (χ1) is 12.4. The van der Waals surface area contributed by atoms with Crippen LogP contribution in [0.4, 0.5) is 0 Å². The molecule has 0 radical (unpaired) electrons. The largest absolute Gasteiger partial charge is 0.492 e. The predicted octanol–water partition coefficient (Wildman–Crippen LogP) is 3.47. The van der Waals surface area contributed by atoms with Crippen molar-refractivity contribution in [2.24, 2.45) is 11.8 Å². The average molecular weight is 380 g/mol. The molecule has 0 N–H and O–H groups in total. The van der Waals surface area contributed by atoms with Gasteiger partial charge in [0.25, 0.3) is 5.91 Å². The van der Waals surface area contributed by atoms with E-state index in [2.05, 4.69) is 6.92 Å². The number of likely N-dealkylation sites (N-methyl/N-ethyl adjacent to an activating group) is 1. The number of halogens is 1. The van der Waals surface area contributed by atoms with Gasteiger partial charge >= 0.3 is 5.97 Å². The molecule has 1 atom stereocenters. The number of rotatable bonds is 4. The quantitative estimate of drug-likeness (QED) is 0.751. The van der Waals surface area contributed by atoms with Gasteiger partial charge < -0.3 is 14.4 Å². The van der Waals surface area contributed by atoms with E-state index >= 15 is 0 Å². The molecule has 142 valence electrons. The summed E-state index contributed by atoms with van der Waals surface area (Å²) in [6.07, 6.45) is 4.84. The Labute approximate surface area is 159 Å². The summed E-state index contributed by atoms with van der Waals surface area (Å²) in [7, 11) is 1.80. The highest BCUT2D eigenvalue weighted by Crippen LogP contribution is 2.30. The summed E-state index contributed by atoms with van der Waals surface area (Å²) in [5.74, 6) is 0.540. The van der Waals surface area contributed by atoms with Crippen molar-refractivity contribution in [2.75, 3.05) is 20.3 Å². The Morgan fingerprint density at radius 3 is 2.73 bits per heavy atom. The van der Waals surface area contributed by atoms with Crippen LogP contribution in [0.25, 0.3) is 0 Å². The van der Waals surface area contributed by atoms with E-state index in [1.54, 1.807) is 24.1 Å². The van der Waals surface area contributed by atoms with Gasteiger partial charge in [-0.05, 0) is 61.8 Å². The lowest BCUT2D eigenvalue weighted by Gasteiger charge is -2.33. The second-order valence-electron chi connectivity index (χ2n) is 7.49. The van der Waals surface area contributed by atoms with Gasteiger partial charge in [-0.15, -0.1) is 0 Å². The molecule has 0 unspecified atom stereocenters. The van der Waals surface area contributed by atoms with Crippen LogP contribution in [-0.2, 0) is 20.7 Å². The average Bonchev–Trinajstić information content (AvgIpc) is 2.65. The van der Waals surface area contributed by atoms with Crippen LogP contribution in [0.5, 0.6) is 5.75 Å². The molecular weight excluding hydrogens is 354 g/mol. The molecular formula is C20H26ClNO4. The minimum Gasteiger partial charge on any atom is -0.492 e. The number of amides is 1. The maximum Gasteiger partial charge on any atom is 0.313 e.